The van der Waals surface area contributed by atoms with Gasteiger partial charge in [0.05, 0.1) is 49.8 Å². The van der Waals surface area contributed by atoms with E-state index < -0.39 is 33.1 Å². The maximum Gasteiger partial charge on any atom is 0.291 e. The first-order valence-corrected chi connectivity index (χ1v) is 14.3. The standard InChI is InChI=1S/C22H25F2N7O5S2/c1-22(2-3-22)29-38(33,34)13-6-14(30-4-5-36-16(9-30)19(32)26-12-10-35-11-12)15-7-25-18(31(15)8-13)21-28-27-20(37-21)17(23)24/h6-8,12,16-17,29H,2-5,9-11H2,1H3,(H,26,32)/t16-/m1/s1. The van der Waals surface area contributed by atoms with Crippen molar-refractivity contribution in [2.45, 2.75) is 48.8 Å². The first-order chi connectivity index (χ1) is 18.1. The summed E-state index contributed by atoms with van der Waals surface area (Å²) < 4.78 is 68.2. The molecule has 1 atom stereocenters. The predicted molar refractivity (Wildman–Crippen MR) is 132 cm³/mol. The number of halogens is 2. The van der Waals surface area contributed by atoms with Crippen molar-refractivity contribution in [2.75, 3.05) is 37.8 Å². The molecule has 3 aromatic rings. The van der Waals surface area contributed by atoms with E-state index in [1.54, 1.807) is 6.07 Å². The molecule has 0 spiro atoms. The molecule has 38 heavy (non-hydrogen) atoms. The van der Waals surface area contributed by atoms with Gasteiger partial charge in [-0.15, -0.1) is 10.2 Å². The minimum atomic E-state index is -3.94. The zero-order valence-corrected chi connectivity index (χ0v) is 21.9. The number of sulfonamides is 1. The number of morpholine rings is 1. The molecule has 1 saturated carbocycles. The van der Waals surface area contributed by atoms with E-state index >= 15 is 0 Å². The topological polar surface area (TPSA) is 140 Å². The van der Waals surface area contributed by atoms with Crippen LogP contribution in [0.25, 0.3) is 16.3 Å². The number of rotatable bonds is 8. The lowest BCUT2D eigenvalue weighted by Crippen LogP contribution is -2.56. The normalized spacial score (nSPS) is 21.6. The largest absolute Gasteiger partial charge is 0.377 e. The van der Waals surface area contributed by atoms with Crippen LogP contribution in [-0.4, -0.2) is 84.5 Å². The van der Waals surface area contributed by atoms with Gasteiger partial charge < -0.3 is 19.7 Å². The fourth-order valence-corrected chi connectivity index (χ4v) is 6.51. The third-order valence-corrected chi connectivity index (χ3v) is 9.32. The number of carbonyl (C=O) groups is 1. The van der Waals surface area contributed by atoms with Crippen LogP contribution in [0.1, 0.15) is 31.2 Å². The average molecular weight is 570 g/mol. The Morgan fingerprint density at radius 1 is 1.29 bits per heavy atom. The number of amides is 1. The molecule has 0 bridgehead atoms. The van der Waals surface area contributed by atoms with Gasteiger partial charge in [-0.2, -0.15) is 0 Å². The van der Waals surface area contributed by atoms with E-state index in [-0.39, 0.29) is 40.8 Å². The van der Waals surface area contributed by atoms with E-state index in [0.717, 1.165) is 12.8 Å². The van der Waals surface area contributed by atoms with Gasteiger partial charge in [-0.25, -0.2) is 26.9 Å². The monoisotopic (exact) mass is 569 g/mol. The first kappa shape index (κ1) is 25.5. The number of alkyl halides is 2. The molecule has 204 valence electrons. The second kappa shape index (κ2) is 9.44. The number of nitrogens with zero attached hydrogens (tertiary/aromatic N) is 5. The Kier molecular flexibility index (Phi) is 6.33. The van der Waals surface area contributed by atoms with E-state index in [0.29, 0.717) is 42.3 Å². The minimum Gasteiger partial charge on any atom is -0.377 e. The molecule has 0 radical (unpaired) electrons. The van der Waals surface area contributed by atoms with Gasteiger partial charge in [-0.3, -0.25) is 9.20 Å². The highest BCUT2D eigenvalue weighted by molar-refractivity contribution is 7.89. The van der Waals surface area contributed by atoms with Crippen molar-refractivity contribution in [3.8, 4) is 10.8 Å². The van der Waals surface area contributed by atoms with Crippen molar-refractivity contribution in [2.24, 2.45) is 0 Å². The SMILES string of the molecule is CC1(NS(=O)(=O)c2cc(N3CCO[C@@H](C(=O)NC4COC4)C3)c3cnc(-c4nnc(C(F)F)s4)n3c2)CC1. The zero-order chi connectivity index (χ0) is 26.7. The van der Waals surface area contributed by atoms with Crippen molar-refractivity contribution in [1.82, 2.24) is 29.6 Å². The number of aromatic nitrogens is 4. The number of hydrogen-bond donors (Lipinski definition) is 2. The third kappa shape index (κ3) is 4.86. The highest BCUT2D eigenvalue weighted by atomic mass is 32.2. The van der Waals surface area contributed by atoms with E-state index in [1.165, 1.54) is 16.8 Å². The molecule has 16 heteroatoms. The number of hydrogen-bond acceptors (Lipinski definition) is 10. The molecule has 2 aliphatic heterocycles. The Balaban J connectivity index is 1.40. The molecule has 12 nitrogen and oxygen atoms in total. The summed E-state index contributed by atoms with van der Waals surface area (Å²) >= 11 is 0.689. The molecule has 0 unspecified atom stereocenters. The molecule has 2 saturated heterocycles. The molecule has 3 aliphatic rings. The van der Waals surface area contributed by atoms with Crippen LogP contribution < -0.4 is 14.9 Å². The molecule has 6 rings (SSSR count). The van der Waals surface area contributed by atoms with Gasteiger partial charge in [-0.1, -0.05) is 11.3 Å². The van der Waals surface area contributed by atoms with Crippen molar-refractivity contribution in [1.29, 1.82) is 0 Å². The van der Waals surface area contributed by atoms with Crippen molar-refractivity contribution in [3.63, 3.8) is 0 Å². The van der Waals surface area contributed by atoms with Crippen LogP contribution in [0.15, 0.2) is 23.4 Å². The van der Waals surface area contributed by atoms with Crippen molar-refractivity contribution >= 4 is 38.5 Å². The molecule has 0 aromatic carbocycles. The lowest BCUT2D eigenvalue weighted by Gasteiger charge is -2.36. The lowest BCUT2D eigenvalue weighted by atomic mass is 10.2. The van der Waals surface area contributed by atoms with Crippen LogP contribution in [0.3, 0.4) is 0 Å². The Morgan fingerprint density at radius 2 is 2.08 bits per heavy atom. The fourth-order valence-electron chi connectivity index (χ4n) is 4.34. The maximum atomic E-state index is 13.4. The first-order valence-electron chi connectivity index (χ1n) is 12.0. The van der Waals surface area contributed by atoms with E-state index in [4.69, 9.17) is 9.47 Å². The van der Waals surface area contributed by atoms with Crippen LogP contribution in [0.5, 0.6) is 0 Å². The van der Waals surface area contributed by atoms with Gasteiger partial charge in [0.25, 0.3) is 12.3 Å². The van der Waals surface area contributed by atoms with E-state index in [1.807, 2.05) is 11.8 Å². The average Bonchev–Trinajstić information content (AvgIpc) is 3.24. The molecular weight excluding hydrogens is 544 g/mol. The lowest BCUT2D eigenvalue weighted by molar-refractivity contribution is -0.137. The van der Waals surface area contributed by atoms with Crippen LogP contribution in [-0.2, 0) is 24.3 Å². The molecule has 1 amide bonds. The highest BCUT2D eigenvalue weighted by Crippen LogP contribution is 2.37. The van der Waals surface area contributed by atoms with Crippen LogP contribution in [0.2, 0.25) is 0 Å². The summed E-state index contributed by atoms with van der Waals surface area (Å²) in [7, 11) is -3.94. The Hall–Kier alpha value is -2.79. The number of nitrogens with one attached hydrogen (secondary N) is 2. The van der Waals surface area contributed by atoms with E-state index in [9.17, 15) is 22.0 Å². The van der Waals surface area contributed by atoms with Crippen molar-refractivity contribution < 1.29 is 31.5 Å². The quantitative estimate of drug-likeness (QED) is 0.411. The molecule has 3 aromatic heterocycles. The van der Waals surface area contributed by atoms with Gasteiger partial charge in [0.2, 0.25) is 10.0 Å². The summed E-state index contributed by atoms with van der Waals surface area (Å²) in [5.74, 6) is -0.0819. The van der Waals surface area contributed by atoms with Gasteiger partial charge in [0.15, 0.2) is 21.9 Å². The van der Waals surface area contributed by atoms with Gasteiger partial charge in [0, 0.05) is 18.3 Å². The smallest absolute Gasteiger partial charge is 0.291 e. The number of anilines is 1. The van der Waals surface area contributed by atoms with E-state index in [2.05, 4.69) is 25.2 Å². The number of pyridine rings is 1. The number of imidazole rings is 1. The van der Waals surface area contributed by atoms with Gasteiger partial charge in [-0.05, 0) is 25.8 Å². The Labute approximate surface area is 220 Å². The molecule has 5 heterocycles. The van der Waals surface area contributed by atoms with Crippen LogP contribution >= 0.6 is 11.3 Å². The maximum absolute atomic E-state index is 13.4. The van der Waals surface area contributed by atoms with Crippen LogP contribution in [0, 0.1) is 0 Å². The summed E-state index contributed by atoms with van der Waals surface area (Å²) in [5.41, 5.74) is 0.530. The highest BCUT2D eigenvalue weighted by Gasteiger charge is 2.42. The molecule has 2 N–H and O–H groups in total. The number of ether oxygens (including phenoxy) is 2. The zero-order valence-electron chi connectivity index (χ0n) is 20.3. The predicted octanol–water partition coefficient (Wildman–Crippen LogP) is 1.34. The van der Waals surface area contributed by atoms with Crippen LogP contribution in [0.4, 0.5) is 14.5 Å². The van der Waals surface area contributed by atoms with Gasteiger partial charge in [0.1, 0.15) is 4.90 Å². The second-order valence-electron chi connectivity index (χ2n) is 9.86. The fraction of sp³-hybridized carbons (Fsp3) is 0.545. The molecular formula is C22H25F2N7O5S2. The Morgan fingerprint density at radius 3 is 2.74 bits per heavy atom. The van der Waals surface area contributed by atoms with Gasteiger partial charge >= 0.3 is 0 Å². The second-order valence-corrected chi connectivity index (χ2v) is 12.6. The minimum absolute atomic E-state index is 0.0231. The summed E-state index contributed by atoms with van der Waals surface area (Å²) in [5, 5.41) is 9.95. The molecule has 1 aliphatic carbocycles. The van der Waals surface area contributed by atoms with Crippen molar-refractivity contribution in [3.05, 3.63) is 23.5 Å². The summed E-state index contributed by atoms with van der Waals surface area (Å²) in [6, 6.07) is 1.48. The summed E-state index contributed by atoms with van der Waals surface area (Å²) in [6.07, 6.45) is 0.824. The number of carbonyl (C=O) groups excluding carboxylic acids is 1. The summed E-state index contributed by atoms with van der Waals surface area (Å²) in [4.78, 5) is 19.0. The third-order valence-electron chi connectivity index (χ3n) is 6.79. The summed E-state index contributed by atoms with van der Waals surface area (Å²) in [6.45, 7) is 3.55. The number of fused-ring (bicyclic) bond motifs is 1. The molecule has 3 fully saturated rings. The Bertz CT molecular complexity index is 1490.